The van der Waals surface area contributed by atoms with Gasteiger partial charge in [0.2, 0.25) is 10.0 Å². The van der Waals surface area contributed by atoms with Gasteiger partial charge in [0, 0.05) is 43.5 Å². The second-order valence-corrected chi connectivity index (χ2v) is 14.7. The molecule has 1 aromatic heterocycles. The summed E-state index contributed by atoms with van der Waals surface area (Å²) >= 11 is 0. The fourth-order valence-corrected chi connectivity index (χ4v) is 7.71. The zero-order valence-corrected chi connectivity index (χ0v) is 27.5. The number of ether oxygens (including phenoxy) is 2. The monoisotopic (exact) mass is 667 g/mol. The molecular formula is C32H44F3N5O5S. The number of amides is 1. The maximum absolute atomic E-state index is 13.5. The molecule has 0 unspecified atom stereocenters. The molecule has 10 nitrogen and oxygen atoms in total. The molecule has 1 amide bonds. The van der Waals surface area contributed by atoms with E-state index in [0.29, 0.717) is 37.7 Å². The van der Waals surface area contributed by atoms with Crippen molar-refractivity contribution in [2.45, 2.75) is 95.4 Å². The van der Waals surface area contributed by atoms with Crippen LogP contribution in [0.2, 0.25) is 0 Å². The normalized spacial score (nSPS) is 22.7. The highest BCUT2D eigenvalue weighted by molar-refractivity contribution is 7.88. The van der Waals surface area contributed by atoms with Crippen molar-refractivity contribution in [3.8, 4) is 5.75 Å². The van der Waals surface area contributed by atoms with Crippen LogP contribution in [0.4, 0.5) is 13.2 Å². The average molecular weight is 668 g/mol. The number of hydrogen-bond donors (Lipinski definition) is 0. The van der Waals surface area contributed by atoms with Crippen LogP contribution in [-0.2, 0) is 21.2 Å². The Morgan fingerprint density at radius 2 is 1.70 bits per heavy atom. The zero-order chi connectivity index (χ0) is 33.1. The van der Waals surface area contributed by atoms with Crippen molar-refractivity contribution in [1.82, 2.24) is 24.1 Å². The SMILES string of the molecule is Cc1c(CC[C@H]2CCC[C@@H](c3ccc(OC(F)(F)F)cc3)O2)ncnc1C(=O)N1CCC(N2CCC(N(C)S(C)(=O)=O)CC2)CC1. The lowest BCUT2D eigenvalue weighted by Gasteiger charge is -2.43. The van der Waals surface area contributed by atoms with Crippen molar-refractivity contribution in [3.63, 3.8) is 0 Å². The van der Waals surface area contributed by atoms with Crippen molar-refractivity contribution >= 4 is 15.9 Å². The molecule has 0 aliphatic carbocycles. The molecule has 0 N–H and O–H groups in total. The summed E-state index contributed by atoms with van der Waals surface area (Å²) in [5.41, 5.74) is 2.84. The number of carbonyl (C=O) groups excluding carboxylic acids is 1. The van der Waals surface area contributed by atoms with Gasteiger partial charge in [0.15, 0.2) is 0 Å². The van der Waals surface area contributed by atoms with Gasteiger partial charge in [-0.25, -0.2) is 22.7 Å². The van der Waals surface area contributed by atoms with E-state index in [1.807, 2.05) is 11.8 Å². The fourth-order valence-electron chi connectivity index (χ4n) is 6.96. The van der Waals surface area contributed by atoms with E-state index in [1.165, 1.54) is 29.0 Å². The van der Waals surface area contributed by atoms with E-state index in [0.717, 1.165) is 74.9 Å². The first-order valence-corrected chi connectivity index (χ1v) is 17.9. The van der Waals surface area contributed by atoms with E-state index in [1.54, 1.807) is 19.2 Å². The number of rotatable bonds is 9. The van der Waals surface area contributed by atoms with Crippen molar-refractivity contribution in [3.05, 3.63) is 53.1 Å². The van der Waals surface area contributed by atoms with E-state index >= 15 is 0 Å². The molecule has 4 heterocycles. The molecule has 3 aliphatic heterocycles. The lowest BCUT2D eigenvalue weighted by Crippen LogP contribution is -2.52. The molecule has 0 spiro atoms. The molecule has 1 aromatic carbocycles. The largest absolute Gasteiger partial charge is 0.573 e. The molecule has 0 saturated carbocycles. The number of benzene rings is 1. The predicted octanol–water partition coefficient (Wildman–Crippen LogP) is 4.89. The van der Waals surface area contributed by atoms with E-state index < -0.39 is 16.4 Å². The molecular weight excluding hydrogens is 623 g/mol. The number of aryl methyl sites for hydroxylation is 1. The third-order valence-corrected chi connectivity index (χ3v) is 11.1. The van der Waals surface area contributed by atoms with Crippen LogP contribution in [0.1, 0.15) is 84.8 Å². The second-order valence-electron chi connectivity index (χ2n) is 12.7. The summed E-state index contributed by atoms with van der Waals surface area (Å²) in [4.78, 5) is 26.7. The van der Waals surface area contributed by atoms with Gasteiger partial charge in [-0.3, -0.25) is 4.79 Å². The van der Waals surface area contributed by atoms with Crippen LogP contribution in [0.5, 0.6) is 5.75 Å². The van der Waals surface area contributed by atoms with E-state index in [-0.39, 0.29) is 29.9 Å². The fraction of sp³-hybridized carbons (Fsp3) is 0.656. The standard InChI is InChI=1S/C32H44F3N5O5S/c1-22-28(12-11-26-5-4-6-29(44-26)23-7-9-27(10-8-23)45-32(33,34)35)36-21-37-30(22)31(41)40-19-15-25(16-20-40)39-17-13-24(14-18-39)38(2)46(3,42)43/h7-10,21,24-26,29H,4-6,11-20H2,1-3H3/t26-,29+/m1/s1. The molecule has 3 fully saturated rings. The van der Waals surface area contributed by atoms with Crippen molar-refractivity contribution in [2.75, 3.05) is 39.5 Å². The first kappa shape index (κ1) is 34.5. The maximum atomic E-state index is 13.5. The minimum Gasteiger partial charge on any atom is -0.406 e. The van der Waals surface area contributed by atoms with Gasteiger partial charge in [0.25, 0.3) is 5.91 Å². The lowest BCUT2D eigenvalue weighted by molar-refractivity contribution is -0.274. The van der Waals surface area contributed by atoms with Gasteiger partial charge in [0.1, 0.15) is 17.8 Å². The zero-order valence-electron chi connectivity index (χ0n) is 26.7. The number of piperidine rings is 2. The number of carbonyl (C=O) groups is 1. The molecule has 0 bridgehead atoms. The third kappa shape index (κ3) is 8.75. The number of sulfonamides is 1. The molecule has 0 radical (unpaired) electrons. The smallest absolute Gasteiger partial charge is 0.406 e. The van der Waals surface area contributed by atoms with Crippen LogP contribution in [0.3, 0.4) is 0 Å². The van der Waals surface area contributed by atoms with Gasteiger partial charge in [-0.15, -0.1) is 13.2 Å². The van der Waals surface area contributed by atoms with Gasteiger partial charge >= 0.3 is 6.36 Å². The summed E-state index contributed by atoms with van der Waals surface area (Å²) in [5, 5.41) is 0. The highest BCUT2D eigenvalue weighted by Gasteiger charge is 2.34. The highest BCUT2D eigenvalue weighted by Crippen LogP contribution is 2.34. The first-order valence-electron chi connectivity index (χ1n) is 16.1. The van der Waals surface area contributed by atoms with Crippen molar-refractivity contribution in [1.29, 1.82) is 0 Å². The summed E-state index contributed by atoms with van der Waals surface area (Å²) in [7, 11) is -1.54. The number of likely N-dealkylation sites (tertiary alicyclic amines) is 2. The molecule has 3 aliphatic rings. The molecule has 14 heteroatoms. The van der Waals surface area contributed by atoms with Crippen LogP contribution in [0.25, 0.3) is 0 Å². The summed E-state index contributed by atoms with van der Waals surface area (Å²) in [5.74, 6) is -0.338. The highest BCUT2D eigenvalue weighted by atomic mass is 32.2. The minimum absolute atomic E-state index is 0.0331. The number of hydrogen-bond acceptors (Lipinski definition) is 8. The van der Waals surface area contributed by atoms with Crippen molar-refractivity contribution < 1.29 is 35.9 Å². The topological polar surface area (TPSA) is 105 Å². The Hall–Kier alpha value is -2.81. The summed E-state index contributed by atoms with van der Waals surface area (Å²) in [6.45, 7) is 4.89. The molecule has 2 aromatic rings. The van der Waals surface area contributed by atoms with Crippen LogP contribution in [-0.4, -0.2) is 102 Å². The van der Waals surface area contributed by atoms with Gasteiger partial charge in [-0.1, -0.05) is 12.1 Å². The van der Waals surface area contributed by atoms with Gasteiger partial charge in [-0.2, -0.15) is 0 Å². The second kappa shape index (κ2) is 14.5. The number of alkyl halides is 3. The van der Waals surface area contributed by atoms with E-state index in [2.05, 4.69) is 19.6 Å². The van der Waals surface area contributed by atoms with Crippen LogP contribution in [0, 0.1) is 6.92 Å². The van der Waals surface area contributed by atoms with Crippen LogP contribution >= 0.6 is 0 Å². The number of nitrogens with zero attached hydrogens (tertiary/aromatic N) is 5. The molecule has 3 saturated heterocycles. The lowest BCUT2D eigenvalue weighted by atomic mass is 9.95. The van der Waals surface area contributed by atoms with Crippen molar-refractivity contribution in [2.24, 2.45) is 0 Å². The average Bonchev–Trinajstić information content (AvgIpc) is 3.03. The quantitative estimate of drug-likeness (QED) is 0.373. The molecule has 254 valence electrons. The Balaban J connectivity index is 1.11. The number of aromatic nitrogens is 2. The molecule has 46 heavy (non-hydrogen) atoms. The van der Waals surface area contributed by atoms with E-state index in [4.69, 9.17) is 4.74 Å². The Morgan fingerprint density at radius 1 is 1.02 bits per heavy atom. The summed E-state index contributed by atoms with van der Waals surface area (Å²) in [6, 6.07) is 6.27. The predicted molar refractivity (Wildman–Crippen MR) is 166 cm³/mol. The first-order chi connectivity index (χ1) is 21.8. The maximum Gasteiger partial charge on any atom is 0.573 e. The van der Waals surface area contributed by atoms with Gasteiger partial charge in [-0.05, 0) is 95.5 Å². The Morgan fingerprint density at radius 3 is 2.33 bits per heavy atom. The molecule has 2 atom stereocenters. The number of halogens is 3. The third-order valence-electron chi connectivity index (χ3n) is 9.73. The Kier molecular flexibility index (Phi) is 10.9. The summed E-state index contributed by atoms with van der Waals surface area (Å²) in [6.07, 6.45) is 5.04. The van der Waals surface area contributed by atoms with E-state index in [9.17, 15) is 26.4 Å². The van der Waals surface area contributed by atoms with Crippen LogP contribution < -0.4 is 4.74 Å². The molecule has 5 rings (SSSR count). The van der Waals surface area contributed by atoms with Gasteiger partial charge in [0.05, 0.1) is 18.5 Å². The minimum atomic E-state index is -4.73. The summed E-state index contributed by atoms with van der Waals surface area (Å²) < 4.78 is 73.1. The Labute approximate surface area is 269 Å². The Bertz CT molecular complexity index is 1440. The van der Waals surface area contributed by atoms with Gasteiger partial charge < -0.3 is 19.3 Å². The van der Waals surface area contributed by atoms with Crippen LogP contribution in [0.15, 0.2) is 30.6 Å².